The van der Waals surface area contributed by atoms with Crippen molar-refractivity contribution < 1.29 is 14.3 Å². The van der Waals surface area contributed by atoms with Gasteiger partial charge in [-0.3, -0.25) is 4.79 Å². The zero-order valence-electron chi connectivity index (χ0n) is 16.2. The lowest BCUT2D eigenvalue weighted by Crippen LogP contribution is -2.25. The Morgan fingerprint density at radius 1 is 1.03 bits per heavy atom. The van der Waals surface area contributed by atoms with E-state index in [-0.39, 0.29) is 11.9 Å². The third-order valence-corrected chi connectivity index (χ3v) is 4.13. The molecule has 3 aromatic rings. The summed E-state index contributed by atoms with van der Waals surface area (Å²) >= 11 is 0. The number of nitrogens with zero attached hydrogens (tertiary/aromatic N) is 3. The first-order valence-electron chi connectivity index (χ1n) is 9.27. The predicted molar refractivity (Wildman–Crippen MR) is 112 cm³/mol. The smallest absolute Gasteiger partial charge is 0.343 e. The summed E-state index contributed by atoms with van der Waals surface area (Å²) in [7, 11) is 0. The SMILES string of the molecule is NC(N)=Nc1ccc(C(=O)Oc2ccc(C(=O)NCCCn3ccnc3)cc2)cc1. The number of guanidine groups is 1. The van der Waals surface area contributed by atoms with Crippen molar-refractivity contribution in [3.05, 3.63) is 78.4 Å². The Morgan fingerprint density at radius 2 is 1.73 bits per heavy atom. The van der Waals surface area contributed by atoms with Crippen LogP contribution in [0.3, 0.4) is 0 Å². The number of hydrogen-bond acceptors (Lipinski definition) is 5. The number of aromatic nitrogens is 2. The zero-order chi connectivity index (χ0) is 21.3. The maximum Gasteiger partial charge on any atom is 0.343 e. The second-order valence-corrected chi connectivity index (χ2v) is 6.41. The van der Waals surface area contributed by atoms with E-state index in [0.29, 0.717) is 29.1 Å². The Labute approximate surface area is 173 Å². The number of carbonyl (C=O) groups is 2. The molecule has 154 valence electrons. The molecule has 0 aliphatic rings. The van der Waals surface area contributed by atoms with Gasteiger partial charge in [-0.25, -0.2) is 14.8 Å². The lowest BCUT2D eigenvalue weighted by Gasteiger charge is -2.08. The van der Waals surface area contributed by atoms with Gasteiger partial charge in [0, 0.05) is 31.0 Å². The highest BCUT2D eigenvalue weighted by Crippen LogP contribution is 2.17. The zero-order valence-corrected chi connectivity index (χ0v) is 16.2. The van der Waals surface area contributed by atoms with Gasteiger partial charge in [0.2, 0.25) is 0 Å². The topological polar surface area (TPSA) is 138 Å². The van der Waals surface area contributed by atoms with Crippen LogP contribution in [0.5, 0.6) is 5.75 Å². The number of nitrogens with two attached hydrogens (primary N) is 2. The van der Waals surface area contributed by atoms with Crippen LogP contribution < -0.4 is 21.5 Å². The second kappa shape index (κ2) is 9.87. The molecule has 1 aromatic heterocycles. The number of aliphatic imine (C=N–C) groups is 1. The summed E-state index contributed by atoms with van der Waals surface area (Å²) in [6.45, 7) is 1.33. The van der Waals surface area contributed by atoms with Crippen molar-refractivity contribution in [2.24, 2.45) is 16.5 Å². The lowest BCUT2D eigenvalue weighted by atomic mass is 10.2. The first-order valence-corrected chi connectivity index (χ1v) is 9.27. The molecule has 1 heterocycles. The van der Waals surface area contributed by atoms with Crippen LogP contribution in [-0.4, -0.2) is 33.9 Å². The van der Waals surface area contributed by atoms with Crippen molar-refractivity contribution >= 4 is 23.5 Å². The van der Waals surface area contributed by atoms with Gasteiger partial charge in [-0.2, -0.15) is 0 Å². The van der Waals surface area contributed by atoms with Crippen molar-refractivity contribution in [3.63, 3.8) is 0 Å². The number of benzene rings is 2. The van der Waals surface area contributed by atoms with E-state index < -0.39 is 5.97 Å². The number of rotatable bonds is 8. The van der Waals surface area contributed by atoms with Crippen molar-refractivity contribution in [2.45, 2.75) is 13.0 Å². The molecule has 30 heavy (non-hydrogen) atoms. The van der Waals surface area contributed by atoms with Crippen LogP contribution in [0.15, 0.2) is 72.2 Å². The van der Waals surface area contributed by atoms with Crippen LogP contribution in [0.1, 0.15) is 27.1 Å². The van der Waals surface area contributed by atoms with E-state index >= 15 is 0 Å². The largest absolute Gasteiger partial charge is 0.423 e. The molecular weight excluding hydrogens is 384 g/mol. The molecule has 5 N–H and O–H groups in total. The average Bonchev–Trinajstić information content (AvgIpc) is 3.25. The molecule has 1 amide bonds. The Morgan fingerprint density at radius 3 is 2.37 bits per heavy atom. The van der Waals surface area contributed by atoms with E-state index in [4.69, 9.17) is 16.2 Å². The molecule has 2 aromatic carbocycles. The highest BCUT2D eigenvalue weighted by molar-refractivity contribution is 5.94. The van der Waals surface area contributed by atoms with Crippen LogP contribution in [0.25, 0.3) is 0 Å². The molecule has 0 spiro atoms. The van der Waals surface area contributed by atoms with Crippen LogP contribution >= 0.6 is 0 Å². The highest BCUT2D eigenvalue weighted by atomic mass is 16.5. The Balaban J connectivity index is 1.49. The van der Waals surface area contributed by atoms with E-state index in [2.05, 4.69) is 15.3 Å². The standard InChI is InChI=1S/C21H22N6O3/c22-21(23)26-17-6-2-16(3-7-17)20(29)30-18-8-4-15(5-9-18)19(28)25-10-1-12-27-13-11-24-14-27/h2-9,11,13-14H,1,10,12H2,(H,25,28)(H4,22,23,26). The minimum atomic E-state index is -0.525. The first-order chi connectivity index (χ1) is 14.5. The third kappa shape index (κ3) is 5.93. The normalized spacial score (nSPS) is 10.3. The molecule has 0 unspecified atom stereocenters. The van der Waals surface area contributed by atoms with Crippen molar-refractivity contribution in [3.8, 4) is 5.75 Å². The van der Waals surface area contributed by atoms with Crippen molar-refractivity contribution in [1.82, 2.24) is 14.9 Å². The van der Waals surface area contributed by atoms with Crippen LogP contribution in [0, 0.1) is 0 Å². The summed E-state index contributed by atoms with van der Waals surface area (Å²) in [5.74, 6) is -0.436. The molecule has 0 aliphatic carbocycles. The van der Waals surface area contributed by atoms with Gasteiger partial charge >= 0.3 is 5.97 Å². The summed E-state index contributed by atoms with van der Waals surface area (Å²) in [6.07, 6.45) is 6.12. The van der Waals surface area contributed by atoms with Crippen molar-refractivity contribution in [1.29, 1.82) is 0 Å². The van der Waals surface area contributed by atoms with Gasteiger partial charge in [-0.15, -0.1) is 0 Å². The Bertz CT molecular complexity index is 1010. The third-order valence-electron chi connectivity index (χ3n) is 4.13. The number of aryl methyl sites for hydroxylation is 1. The average molecular weight is 406 g/mol. The Hall–Kier alpha value is -4.14. The molecule has 0 fully saturated rings. The van der Waals surface area contributed by atoms with Gasteiger partial charge in [0.25, 0.3) is 5.91 Å². The quantitative estimate of drug-likeness (QED) is 0.172. The number of amides is 1. The summed E-state index contributed by atoms with van der Waals surface area (Å²) in [5, 5.41) is 2.86. The molecule has 0 saturated carbocycles. The summed E-state index contributed by atoms with van der Waals surface area (Å²) in [4.78, 5) is 32.3. The highest BCUT2D eigenvalue weighted by Gasteiger charge is 2.10. The van der Waals surface area contributed by atoms with E-state index in [1.165, 1.54) is 0 Å². The monoisotopic (exact) mass is 406 g/mol. The van der Waals surface area contributed by atoms with E-state index in [0.717, 1.165) is 13.0 Å². The van der Waals surface area contributed by atoms with E-state index in [9.17, 15) is 9.59 Å². The molecule has 0 radical (unpaired) electrons. The summed E-state index contributed by atoms with van der Waals surface area (Å²) in [6, 6.07) is 12.7. The molecular formula is C21H22N6O3. The fraction of sp³-hybridized carbons (Fsp3) is 0.143. The minimum Gasteiger partial charge on any atom is -0.423 e. The molecule has 9 heteroatoms. The maximum absolute atomic E-state index is 12.2. The van der Waals surface area contributed by atoms with Gasteiger partial charge in [-0.05, 0) is 55.0 Å². The van der Waals surface area contributed by atoms with E-state index in [1.807, 2.05) is 10.8 Å². The van der Waals surface area contributed by atoms with Gasteiger partial charge in [0.1, 0.15) is 5.75 Å². The summed E-state index contributed by atoms with van der Waals surface area (Å²) in [5.41, 5.74) is 12.0. The molecule has 0 bridgehead atoms. The second-order valence-electron chi connectivity index (χ2n) is 6.41. The molecule has 3 rings (SSSR count). The fourth-order valence-electron chi connectivity index (χ4n) is 2.65. The van der Waals surface area contributed by atoms with Gasteiger partial charge < -0.3 is 26.1 Å². The van der Waals surface area contributed by atoms with Crippen LogP contribution in [0.4, 0.5) is 5.69 Å². The number of carbonyl (C=O) groups excluding carboxylic acids is 2. The number of ether oxygens (including phenoxy) is 1. The molecule has 0 aliphatic heterocycles. The number of esters is 1. The van der Waals surface area contributed by atoms with Gasteiger partial charge in [0.05, 0.1) is 17.6 Å². The molecule has 0 atom stereocenters. The number of imidazole rings is 1. The molecule has 0 saturated heterocycles. The fourth-order valence-corrected chi connectivity index (χ4v) is 2.65. The number of hydrogen-bond donors (Lipinski definition) is 3. The summed E-state index contributed by atoms with van der Waals surface area (Å²) < 4.78 is 7.28. The van der Waals surface area contributed by atoms with Gasteiger partial charge in [-0.1, -0.05) is 0 Å². The minimum absolute atomic E-state index is 0.0624. The first kappa shape index (κ1) is 20.6. The van der Waals surface area contributed by atoms with Crippen LogP contribution in [-0.2, 0) is 6.54 Å². The number of nitrogens with one attached hydrogen (secondary N) is 1. The van der Waals surface area contributed by atoms with Gasteiger partial charge in [0.15, 0.2) is 5.96 Å². The predicted octanol–water partition coefficient (Wildman–Crippen LogP) is 1.83. The Kier molecular flexibility index (Phi) is 6.78. The molecule has 9 nitrogen and oxygen atoms in total. The lowest BCUT2D eigenvalue weighted by molar-refractivity contribution is 0.0734. The van der Waals surface area contributed by atoms with Crippen molar-refractivity contribution in [2.75, 3.05) is 6.54 Å². The van der Waals surface area contributed by atoms with E-state index in [1.54, 1.807) is 61.1 Å². The maximum atomic E-state index is 12.2. The van der Waals surface area contributed by atoms with Crippen LogP contribution in [0.2, 0.25) is 0 Å².